The summed E-state index contributed by atoms with van der Waals surface area (Å²) in [5.74, 6) is 0. The maximum Gasteiger partial charge on any atom is 0.0963 e. The van der Waals surface area contributed by atoms with Gasteiger partial charge in [0.1, 0.15) is 0 Å². The Kier molecular flexibility index (Phi) is 3.89. The van der Waals surface area contributed by atoms with E-state index in [1.165, 1.54) is 0 Å². The van der Waals surface area contributed by atoms with Crippen molar-refractivity contribution in [3.05, 3.63) is 35.9 Å². The molecule has 0 fully saturated rings. The number of aliphatic hydroxyl groups is 1. The van der Waals surface area contributed by atoms with Crippen LogP contribution < -0.4 is 5.73 Å². The molecule has 2 unspecified atom stereocenters. The van der Waals surface area contributed by atoms with Crippen LogP contribution in [0.4, 0.5) is 0 Å². The van der Waals surface area contributed by atoms with E-state index in [0.29, 0.717) is 6.61 Å². The van der Waals surface area contributed by atoms with Crippen molar-refractivity contribution in [2.75, 3.05) is 13.7 Å². The van der Waals surface area contributed by atoms with E-state index >= 15 is 0 Å². The topological polar surface area (TPSA) is 55.5 Å². The summed E-state index contributed by atoms with van der Waals surface area (Å²) in [5, 5.41) is 9.72. The molecule has 0 saturated heterocycles. The zero-order valence-electron chi connectivity index (χ0n) is 7.68. The Labute approximate surface area is 78.1 Å². The summed E-state index contributed by atoms with van der Waals surface area (Å²) in [6.07, 6.45) is -0.652. The second-order valence-electron chi connectivity index (χ2n) is 2.97. The summed E-state index contributed by atoms with van der Waals surface area (Å²) in [5.41, 5.74) is 6.51. The number of rotatable bonds is 4. The van der Waals surface area contributed by atoms with E-state index in [4.69, 9.17) is 10.5 Å². The quantitative estimate of drug-likeness (QED) is 0.718. The minimum absolute atomic E-state index is 0.357. The summed E-state index contributed by atoms with van der Waals surface area (Å²) < 4.78 is 4.86. The van der Waals surface area contributed by atoms with Gasteiger partial charge in [-0.25, -0.2) is 0 Å². The smallest absolute Gasteiger partial charge is 0.0963 e. The zero-order valence-corrected chi connectivity index (χ0v) is 7.68. The second kappa shape index (κ2) is 4.97. The average molecular weight is 181 g/mol. The van der Waals surface area contributed by atoms with Gasteiger partial charge in [0, 0.05) is 7.11 Å². The van der Waals surface area contributed by atoms with Crippen molar-refractivity contribution >= 4 is 0 Å². The van der Waals surface area contributed by atoms with Gasteiger partial charge in [-0.2, -0.15) is 0 Å². The first-order valence-electron chi connectivity index (χ1n) is 4.23. The maximum absolute atomic E-state index is 9.72. The third-order valence-corrected chi connectivity index (χ3v) is 1.91. The molecule has 3 N–H and O–H groups in total. The number of hydrogen-bond acceptors (Lipinski definition) is 3. The van der Waals surface area contributed by atoms with E-state index < -0.39 is 6.10 Å². The molecule has 0 aromatic heterocycles. The highest BCUT2D eigenvalue weighted by Crippen LogP contribution is 2.14. The van der Waals surface area contributed by atoms with Gasteiger partial charge in [-0.15, -0.1) is 0 Å². The molecular weight excluding hydrogens is 166 g/mol. The van der Waals surface area contributed by atoms with E-state index in [0.717, 1.165) is 5.56 Å². The first-order chi connectivity index (χ1) is 6.25. The van der Waals surface area contributed by atoms with Gasteiger partial charge in [0.05, 0.1) is 18.8 Å². The molecule has 0 aliphatic rings. The zero-order chi connectivity index (χ0) is 9.68. The fourth-order valence-electron chi connectivity index (χ4n) is 1.18. The Morgan fingerprint density at radius 3 is 2.54 bits per heavy atom. The van der Waals surface area contributed by atoms with Crippen LogP contribution in [0.15, 0.2) is 30.3 Å². The highest BCUT2D eigenvalue weighted by Gasteiger charge is 2.15. The van der Waals surface area contributed by atoms with Crippen LogP contribution in [0.1, 0.15) is 11.7 Å². The largest absolute Gasteiger partial charge is 0.387 e. The number of ether oxygens (including phenoxy) is 1. The van der Waals surface area contributed by atoms with Crippen LogP contribution in [-0.4, -0.2) is 24.9 Å². The molecule has 0 saturated carbocycles. The fraction of sp³-hybridized carbons (Fsp3) is 0.400. The summed E-state index contributed by atoms with van der Waals surface area (Å²) in [6, 6.07) is 8.97. The van der Waals surface area contributed by atoms with E-state index in [1.807, 2.05) is 30.3 Å². The minimum atomic E-state index is -0.652. The van der Waals surface area contributed by atoms with Gasteiger partial charge in [-0.05, 0) is 5.56 Å². The second-order valence-corrected chi connectivity index (χ2v) is 2.97. The van der Waals surface area contributed by atoms with Gasteiger partial charge >= 0.3 is 0 Å². The molecule has 0 bridgehead atoms. The van der Waals surface area contributed by atoms with E-state index in [2.05, 4.69) is 0 Å². The molecule has 0 amide bonds. The molecule has 0 heterocycles. The van der Waals surface area contributed by atoms with Crippen LogP contribution >= 0.6 is 0 Å². The molecule has 13 heavy (non-hydrogen) atoms. The highest BCUT2D eigenvalue weighted by atomic mass is 16.5. The van der Waals surface area contributed by atoms with Crippen molar-refractivity contribution in [3.63, 3.8) is 0 Å². The number of aliphatic hydroxyl groups excluding tert-OH is 1. The molecule has 2 atom stereocenters. The Morgan fingerprint density at radius 1 is 1.38 bits per heavy atom. The molecule has 0 aliphatic carbocycles. The number of methoxy groups -OCH3 is 1. The van der Waals surface area contributed by atoms with Crippen molar-refractivity contribution in [2.45, 2.75) is 12.1 Å². The third-order valence-electron chi connectivity index (χ3n) is 1.91. The normalized spacial score (nSPS) is 15.3. The number of benzene rings is 1. The first kappa shape index (κ1) is 10.2. The van der Waals surface area contributed by atoms with Crippen LogP contribution in [0.25, 0.3) is 0 Å². The fourth-order valence-corrected chi connectivity index (χ4v) is 1.18. The van der Waals surface area contributed by atoms with Crippen molar-refractivity contribution < 1.29 is 9.84 Å². The summed E-state index contributed by atoms with van der Waals surface area (Å²) in [4.78, 5) is 0. The highest BCUT2D eigenvalue weighted by molar-refractivity contribution is 5.18. The summed E-state index contributed by atoms with van der Waals surface area (Å²) >= 11 is 0. The lowest BCUT2D eigenvalue weighted by atomic mass is 10.0. The molecule has 72 valence electrons. The molecule has 1 aromatic carbocycles. The lowest BCUT2D eigenvalue weighted by molar-refractivity contribution is 0.0873. The lowest BCUT2D eigenvalue weighted by Gasteiger charge is -2.17. The van der Waals surface area contributed by atoms with E-state index in [-0.39, 0.29) is 6.04 Å². The Bertz CT molecular complexity index is 238. The maximum atomic E-state index is 9.72. The Morgan fingerprint density at radius 2 is 2.00 bits per heavy atom. The molecular formula is C10H15NO2. The molecule has 1 aromatic rings. The van der Waals surface area contributed by atoms with E-state index in [9.17, 15) is 5.11 Å². The van der Waals surface area contributed by atoms with Crippen LogP contribution in [0.2, 0.25) is 0 Å². The Hall–Kier alpha value is -0.900. The molecule has 3 nitrogen and oxygen atoms in total. The molecule has 3 heteroatoms. The van der Waals surface area contributed by atoms with Crippen molar-refractivity contribution in [2.24, 2.45) is 5.73 Å². The van der Waals surface area contributed by atoms with Crippen LogP contribution in [-0.2, 0) is 4.74 Å². The van der Waals surface area contributed by atoms with E-state index in [1.54, 1.807) is 7.11 Å². The first-order valence-corrected chi connectivity index (χ1v) is 4.23. The van der Waals surface area contributed by atoms with Gasteiger partial charge in [-0.3, -0.25) is 0 Å². The van der Waals surface area contributed by atoms with Gasteiger partial charge in [0.25, 0.3) is 0 Å². The van der Waals surface area contributed by atoms with Crippen molar-refractivity contribution in [1.82, 2.24) is 0 Å². The predicted octanol–water partition coefficient (Wildman–Crippen LogP) is 0.694. The molecule has 0 aliphatic heterocycles. The average Bonchev–Trinajstić information content (AvgIpc) is 2.18. The SMILES string of the molecule is COCC(N)C(O)c1ccccc1. The van der Waals surface area contributed by atoms with Crippen molar-refractivity contribution in [3.8, 4) is 0 Å². The number of hydrogen-bond donors (Lipinski definition) is 2. The standard InChI is InChI=1S/C10H15NO2/c1-13-7-9(11)10(12)8-5-3-2-4-6-8/h2-6,9-10,12H,7,11H2,1H3. The molecule has 0 radical (unpaired) electrons. The van der Waals surface area contributed by atoms with Crippen LogP contribution in [0, 0.1) is 0 Å². The van der Waals surface area contributed by atoms with Gasteiger partial charge in [-0.1, -0.05) is 30.3 Å². The van der Waals surface area contributed by atoms with Gasteiger partial charge in [0.2, 0.25) is 0 Å². The minimum Gasteiger partial charge on any atom is -0.387 e. The lowest BCUT2D eigenvalue weighted by Crippen LogP contribution is -2.32. The molecule has 0 spiro atoms. The third kappa shape index (κ3) is 2.81. The van der Waals surface area contributed by atoms with Crippen LogP contribution in [0.5, 0.6) is 0 Å². The monoisotopic (exact) mass is 181 g/mol. The predicted molar refractivity (Wildman–Crippen MR) is 51.3 cm³/mol. The Balaban J connectivity index is 2.62. The van der Waals surface area contributed by atoms with Gasteiger partial charge in [0.15, 0.2) is 0 Å². The van der Waals surface area contributed by atoms with Gasteiger partial charge < -0.3 is 15.6 Å². The summed E-state index contributed by atoms with van der Waals surface area (Å²) in [7, 11) is 1.57. The van der Waals surface area contributed by atoms with Crippen LogP contribution in [0.3, 0.4) is 0 Å². The number of nitrogens with two attached hydrogens (primary N) is 1. The molecule has 1 rings (SSSR count). The summed E-state index contributed by atoms with van der Waals surface area (Å²) in [6.45, 7) is 0.357. The van der Waals surface area contributed by atoms with Crippen molar-refractivity contribution in [1.29, 1.82) is 0 Å².